The molecule has 4 rings (SSSR count). The number of carbonyl (C=O) groups is 1. The highest BCUT2D eigenvalue weighted by molar-refractivity contribution is 6.35. The molecule has 1 aliphatic rings. The molecule has 3 atom stereocenters. The highest BCUT2D eigenvalue weighted by Gasteiger charge is 2.37. The molecule has 2 unspecified atom stereocenters. The molecule has 7 nitrogen and oxygen atoms in total. The average molecular weight is 483 g/mol. The minimum atomic E-state index is -4.84. The topological polar surface area (TPSA) is 92.1 Å². The van der Waals surface area contributed by atoms with E-state index in [1.54, 1.807) is 24.3 Å². The van der Waals surface area contributed by atoms with E-state index in [0.29, 0.717) is 22.0 Å². The van der Waals surface area contributed by atoms with Crippen molar-refractivity contribution in [1.29, 1.82) is 0 Å². The van der Waals surface area contributed by atoms with Gasteiger partial charge in [-0.25, -0.2) is 9.78 Å². The second kappa shape index (κ2) is 9.05. The van der Waals surface area contributed by atoms with Crippen molar-refractivity contribution >= 4 is 40.0 Å². The van der Waals surface area contributed by atoms with Gasteiger partial charge >= 0.3 is 12.3 Å². The summed E-state index contributed by atoms with van der Waals surface area (Å²) in [6.45, 7) is 0. The van der Waals surface area contributed by atoms with Crippen LogP contribution in [0.5, 0.6) is 5.75 Å². The number of halogens is 4. The number of nitrogens with zero attached hydrogens (tertiary/aromatic N) is 2. The fourth-order valence-corrected chi connectivity index (χ4v) is 3.92. The van der Waals surface area contributed by atoms with E-state index in [4.69, 9.17) is 16.3 Å². The third-order valence-corrected chi connectivity index (χ3v) is 5.40. The maximum atomic E-state index is 12.5. The molecular formula is C22H18ClF3N2O5. The lowest BCUT2D eigenvalue weighted by Gasteiger charge is -2.39. The van der Waals surface area contributed by atoms with Crippen molar-refractivity contribution in [3.05, 3.63) is 59.6 Å². The zero-order valence-corrected chi connectivity index (χ0v) is 17.6. The molecule has 1 saturated heterocycles. The van der Waals surface area contributed by atoms with Crippen LogP contribution in [0.15, 0.2) is 54.6 Å². The van der Waals surface area contributed by atoms with Gasteiger partial charge in [-0.1, -0.05) is 23.7 Å². The van der Waals surface area contributed by atoms with Gasteiger partial charge in [0.05, 0.1) is 16.6 Å². The number of aromatic nitrogens is 1. The Labute approximate surface area is 190 Å². The number of para-hydroxylation sites is 1. The summed E-state index contributed by atoms with van der Waals surface area (Å²) in [7, 11) is 0. The third kappa shape index (κ3) is 5.29. The molecule has 0 spiro atoms. The molecule has 33 heavy (non-hydrogen) atoms. The first-order valence-corrected chi connectivity index (χ1v) is 10.2. The summed E-state index contributed by atoms with van der Waals surface area (Å²) < 4.78 is 47.3. The van der Waals surface area contributed by atoms with Crippen LogP contribution >= 0.6 is 11.6 Å². The lowest BCUT2D eigenvalue weighted by atomic mass is 10.0. The number of aliphatic hydroxyl groups excluding tert-OH is 1. The van der Waals surface area contributed by atoms with Crippen LogP contribution in [0.25, 0.3) is 10.9 Å². The Morgan fingerprint density at radius 3 is 2.52 bits per heavy atom. The minimum absolute atomic E-state index is 0.0484. The van der Waals surface area contributed by atoms with E-state index in [1.165, 1.54) is 17.0 Å². The summed E-state index contributed by atoms with van der Waals surface area (Å²) in [5.74, 6) is -1.35. The summed E-state index contributed by atoms with van der Waals surface area (Å²) in [5, 5.41) is 20.8. The number of ether oxygens (including phenoxy) is 2. The van der Waals surface area contributed by atoms with Crippen LogP contribution in [-0.4, -0.2) is 46.0 Å². The van der Waals surface area contributed by atoms with E-state index in [2.05, 4.69) is 9.72 Å². The Bertz CT molecular complexity index is 1160. The second-order valence-corrected chi connectivity index (χ2v) is 7.84. The van der Waals surface area contributed by atoms with Crippen molar-refractivity contribution in [1.82, 2.24) is 4.98 Å². The number of rotatable bonds is 5. The first-order chi connectivity index (χ1) is 15.6. The van der Waals surface area contributed by atoms with Crippen molar-refractivity contribution in [2.24, 2.45) is 0 Å². The largest absolute Gasteiger partial charge is 0.573 e. The molecule has 1 aromatic heterocycles. The minimum Gasteiger partial charge on any atom is -0.479 e. The molecule has 1 aliphatic heterocycles. The number of carboxylic acids is 1. The van der Waals surface area contributed by atoms with Crippen molar-refractivity contribution < 1.29 is 37.7 Å². The summed E-state index contributed by atoms with van der Waals surface area (Å²) >= 11 is 6.28. The molecule has 2 N–H and O–H groups in total. The first-order valence-electron chi connectivity index (χ1n) is 9.87. The maximum absolute atomic E-state index is 12.5. The number of pyridine rings is 1. The Hall–Kier alpha value is -3.08. The molecule has 174 valence electrons. The van der Waals surface area contributed by atoms with Crippen LogP contribution in [0.1, 0.15) is 12.8 Å². The number of benzene rings is 2. The molecule has 0 radical (unpaired) electrons. The molecule has 2 aromatic carbocycles. The summed E-state index contributed by atoms with van der Waals surface area (Å²) in [5.41, 5.74) is 0.830. The smallest absolute Gasteiger partial charge is 0.479 e. The van der Waals surface area contributed by atoms with Gasteiger partial charge in [-0.2, -0.15) is 0 Å². The predicted octanol–water partition coefficient (Wildman–Crippen LogP) is 4.88. The highest BCUT2D eigenvalue weighted by atomic mass is 35.5. The monoisotopic (exact) mass is 482 g/mol. The number of aliphatic carboxylic acids is 1. The van der Waals surface area contributed by atoms with Crippen molar-refractivity contribution in [3.8, 4) is 5.75 Å². The summed E-state index contributed by atoms with van der Waals surface area (Å²) in [6, 6.07) is 13.6. The zero-order chi connectivity index (χ0) is 23.8. The third-order valence-electron chi connectivity index (χ3n) is 5.10. The van der Waals surface area contributed by atoms with Gasteiger partial charge in [0.15, 0.2) is 6.10 Å². The van der Waals surface area contributed by atoms with E-state index in [9.17, 15) is 28.2 Å². The lowest BCUT2D eigenvalue weighted by Crippen LogP contribution is -2.47. The number of hydrogen-bond donors (Lipinski definition) is 2. The highest BCUT2D eigenvalue weighted by Crippen LogP contribution is 2.36. The van der Waals surface area contributed by atoms with Crippen LogP contribution in [0, 0.1) is 0 Å². The quantitative estimate of drug-likeness (QED) is 0.535. The van der Waals surface area contributed by atoms with Gasteiger partial charge in [0.2, 0.25) is 0 Å². The van der Waals surface area contributed by atoms with Crippen LogP contribution in [0.3, 0.4) is 0 Å². The van der Waals surface area contributed by atoms with E-state index < -0.39 is 36.5 Å². The second-order valence-electron chi connectivity index (χ2n) is 7.44. The number of fused-ring (bicyclic) bond motifs is 1. The average Bonchev–Trinajstić information content (AvgIpc) is 2.74. The molecule has 1 fully saturated rings. The van der Waals surface area contributed by atoms with Crippen LogP contribution in [0.2, 0.25) is 5.02 Å². The SMILES string of the molecule is O=C(O)C1C[C@H](O)CC(N(c2ccc(OC(F)(F)F)cc2)c2ccc3cccc(Cl)c3n2)O1. The van der Waals surface area contributed by atoms with Gasteiger partial charge in [-0.15, -0.1) is 13.2 Å². The van der Waals surface area contributed by atoms with Crippen molar-refractivity contribution in [2.45, 2.75) is 37.6 Å². The van der Waals surface area contributed by atoms with Gasteiger partial charge < -0.3 is 19.7 Å². The zero-order valence-electron chi connectivity index (χ0n) is 16.9. The van der Waals surface area contributed by atoms with E-state index in [1.807, 2.05) is 6.07 Å². The molecule has 3 aromatic rings. The Balaban J connectivity index is 1.77. The molecule has 0 saturated carbocycles. The Morgan fingerprint density at radius 1 is 1.12 bits per heavy atom. The molecule has 11 heteroatoms. The Kier molecular flexibility index (Phi) is 6.33. The van der Waals surface area contributed by atoms with E-state index in [0.717, 1.165) is 17.5 Å². The normalized spacial score (nSPS) is 21.1. The van der Waals surface area contributed by atoms with Crippen LogP contribution in [-0.2, 0) is 9.53 Å². The molecular weight excluding hydrogens is 465 g/mol. The van der Waals surface area contributed by atoms with Crippen LogP contribution < -0.4 is 9.64 Å². The number of hydrogen-bond acceptors (Lipinski definition) is 6. The van der Waals surface area contributed by atoms with Crippen molar-refractivity contribution in [3.63, 3.8) is 0 Å². The first kappa shape index (κ1) is 23.1. The standard InChI is InChI=1S/C22H18ClF3N2O5/c23-16-3-1-2-12-4-9-18(27-20(12)16)28(19-11-14(29)10-17(32-19)21(30)31)13-5-7-15(8-6-13)33-22(24,25)26/h1-9,14,17,19,29H,10-11H2,(H,30,31)/t14-,17?,19?/m0/s1. The number of alkyl halides is 3. The summed E-state index contributed by atoms with van der Waals surface area (Å²) in [4.78, 5) is 17.6. The maximum Gasteiger partial charge on any atom is 0.573 e. The van der Waals surface area contributed by atoms with E-state index in [-0.39, 0.29) is 12.8 Å². The van der Waals surface area contributed by atoms with Gasteiger partial charge in [-0.3, -0.25) is 4.90 Å². The van der Waals surface area contributed by atoms with Gasteiger partial charge in [0, 0.05) is 23.9 Å². The van der Waals surface area contributed by atoms with Gasteiger partial charge in [-0.05, 0) is 42.5 Å². The number of carboxylic acid groups (broad SMARTS) is 1. The lowest BCUT2D eigenvalue weighted by molar-refractivity contribution is -0.274. The van der Waals surface area contributed by atoms with Crippen LogP contribution in [0.4, 0.5) is 24.7 Å². The van der Waals surface area contributed by atoms with Crippen molar-refractivity contribution in [2.75, 3.05) is 4.90 Å². The van der Waals surface area contributed by atoms with E-state index >= 15 is 0 Å². The summed E-state index contributed by atoms with van der Waals surface area (Å²) in [6.07, 6.45) is -8.08. The number of anilines is 2. The van der Waals surface area contributed by atoms with Gasteiger partial charge in [0.25, 0.3) is 0 Å². The fourth-order valence-electron chi connectivity index (χ4n) is 3.69. The molecule has 0 bridgehead atoms. The molecule has 0 aliphatic carbocycles. The predicted molar refractivity (Wildman–Crippen MR) is 114 cm³/mol. The number of aliphatic hydroxyl groups is 1. The molecule has 2 heterocycles. The van der Waals surface area contributed by atoms with Gasteiger partial charge in [0.1, 0.15) is 17.8 Å². The molecule has 0 amide bonds. The fraction of sp³-hybridized carbons (Fsp3) is 0.273. The Morgan fingerprint density at radius 2 is 1.85 bits per heavy atom.